The molecule has 0 saturated heterocycles. The summed E-state index contributed by atoms with van der Waals surface area (Å²) in [5, 5.41) is 6.48. The first-order chi connectivity index (χ1) is 10.9. The van der Waals surface area contributed by atoms with Crippen molar-refractivity contribution in [2.45, 2.75) is 52.4 Å². The Bertz CT molecular complexity index is 551. The highest BCUT2D eigenvalue weighted by Crippen LogP contribution is 2.34. The van der Waals surface area contributed by atoms with Gasteiger partial charge in [0.2, 0.25) is 5.91 Å². The fourth-order valence-electron chi connectivity index (χ4n) is 2.81. The molecule has 1 aliphatic heterocycles. The van der Waals surface area contributed by atoms with Crippen LogP contribution < -0.4 is 5.32 Å². The number of nitrogens with zero attached hydrogens (tertiary/aromatic N) is 2. The summed E-state index contributed by atoms with van der Waals surface area (Å²) in [5.74, 6) is -0.115. The van der Waals surface area contributed by atoms with Crippen LogP contribution in [0, 0.1) is 5.92 Å². The van der Waals surface area contributed by atoms with E-state index in [2.05, 4.69) is 10.4 Å². The second kappa shape index (κ2) is 7.33. The number of alkyl halides is 3. The Hall–Kier alpha value is -1.57. The lowest BCUT2D eigenvalue weighted by molar-refractivity contribution is -0.142. The molecule has 0 unspecified atom stereocenters. The maximum absolute atomic E-state index is 13.0. The molecular formula is C15H22F3N3O2. The fraction of sp³-hybridized carbons (Fsp3) is 0.733. The summed E-state index contributed by atoms with van der Waals surface area (Å²) in [6.07, 6.45) is -2.60. The van der Waals surface area contributed by atoms with Gasteiger partial charge in [-0.25, -0.2) is 0 Å². The molecular weight excluding hydrogens is 311 g/mol. The second-order valence-corrected chi connectivity index (χ2v) is 5.60. The van der Waals surface area contributed by atoms with Gasteiger partial charge in [0.25, 0.3) is 0 Å². The van der Waals surface area contributed by atoms with Crippen molar-refractivity contribution in [1.82, 2.24) is 15.1 Å². The molecule has 0 saturated carbocycles. The van der Waals surface area contributed by atoms with Gasteiger partial charge in [-0.2, -0.15) is 18.3 Å². The zero-order chi connectivity index (χ0) is 17.0. The standard InChI is InChI=1S/C15H22F3N3O2/c1-3-10(4-2)14(22)19-6-7-21-12-5-8-23-9-11(12)13(20-21)15(16,17)18/h10H,3-9H2,1-2H3,(H,19,22). The SMILES string of the molecule is CCC(CC)C(=O)NCCn1nc(C(F)(F)F)c2c1CCOC2. The second-order valence-electron chi connectivity index (χ2n) is 5.60. The van der Waals surface area contributed by atoms with Gasteiger partial charge in [0.05, 0.1) is 19.8 Å². The number of hydrogen-bond donors (Lipinski definition) is 1. The molecule has 0 radical (unpaired) electrons. The van der Waals surface area contributed by atoms with Crippen LogP contribution in [0.3, 0.4) is 0 Å². The Kier molecular flexibility index (Phi) is 5.67. The molecule has 1 aliphatic rings. The predicted octanol–water partition coefficient (Wildman–Crippen LogP) is 2.53. The minimum Gasteiger partial charge on any atom is -0.376 e. The van der Waals surface area contributed by atoms with Crippen LogP contribution in [-0.4, -0.2) is 28.8 Å². The molecule has 8 heteroatoms. The highest BCUT2D eigenvalue weighted by atomic mass is 19.4. The number of hydrogen-bond acceptors (Lipinski definition) is 3. The maximum Gasteiger partial charge on any atom is 0.435 e. The van der Waals surface area contributed by atoms with Gasteiger partial charge in [-0.15, -0.1) is 0 Å². The van der Waals surface area contributed by atoms with E-state index in [-0.39, 0.29) is 37.1 Å². The van der Waals surface area contributed by atoms with E-state index in [0.717, 1.165) is 12.8 Å². The Labute approximate surface area is 133 Å². The summed E-state index contributed by atoms with van der Waals surface area (Å²) < 4.78 is 45.6. The lowest BCUT2D eigenvalue weighted by atomic mass is 10.0. The van der Waals surface area contributed by atoms with Crippen molar-refractivity contribution >= 4 is 5.91 Å². The van der Waals surface area contributed by atoms with E-state index in [1.807, 2.05) is 13.8 Å². The molecule has 2 heterocycles. The quantitative estimate of drug-likeness (QED) is 0.870. The van der Waals surface area contributed by atoms with Crippen molar-refractivity contribution in [3.8, 4) is 0 Å². The van der Waals surface area contributed by atoms with Crippen LogP contribution in [0.5, 0.6) is 0 Å². The van der Waals surface area contributed by atoms with E-state index in [1.54, 1.807) is 0 Å². The van der Waals surface area contributed by atoms with Crippen molar-refractivity contribution in [3.63, 3.8) is 0 Å². The molecule has 0 bridgehead atoms. The van der Waals surface area contributed by atoms with Crippen LogP contribution in [0.1, 0.15) is 43.6 Å². The minimum absolute atomic E-state index is 0.0549. The third-order valence-corrected chi connectivity index (χ3v) is 4.14. The molecule has 0 atom stereocenters. The molecule has 2 rings (SSSR count). The van der Waals surface area contributed by atoms with Crippen molar-refractivity contribution in [2.24, 2.45) is 5.92 Å². The number of fused-ring (bicyclic) bond motifs is 1. The molecule has 1 amide bonds. The maximum atomic E-state index is 13.0. The Balaban J connectivity index is 2.06. The molecule has 23 heavy (non-hydrogen) atoms. The zero-order valence-electron chi connectivity index (χ0n) is 13.4. The van der Waals surface area contributed by atoms with E-state index in [9.17, 15) is 18.0 Å². The van der Waals surface area contributed by atoms with Crippen LogP contribution in [-0.2, 0) is 35.3 Å². The van der Waals surface area contributed by atoms with Crippen LogP contribution in [0.15, 0.2) is 0 Å². The highest BCUT2D eigenvalue weighted by molar-refractivity contribution is 5.78. The summed E-state index contributed by atoms with van der Waals surface area (Å²) in [6, 6.07) is 0. The average Bonchev–Trinajstić information content (AvgIpc) is 2.88. The monoisotopic (exact) mass is 333 g/mol. The number of ether oxygens (including phenoxy) is 1. The van der Waals surface area contributed by atoms with Crippen molar-refractivity contribution < 1.29 is 22.7 Å². The number of amides is 1. The third-order valence-electron chi connectivity index (χ3n) is 4.14. The van der Waals surface area contributed by atoms with Crippen molar-refractivity contribution in [1.29, 1.82) is 0 Å². The Morgan fingerprint density at radius 3 is 2.70 bits per heavy atom. The van der Waals surface area contributed by atoms with E-state index in [4.69, 9.17) is 4.74 Å². The lowest BCUT2D eigenvalue weighted by Crippen LogP contribution is -2.33. The number of aromatic nitrogens is 2. The summed E-state index contributed by atoms with van der Waals surface area (Å²) >= 11 is 0. The molecule has 1 aromatic rings. The summed E-state index contributed by atoms with van der Waals surface area (Å²) in [5.41, 5.74) is -0.200. The topological polar surface area (TPSA) is 56.2 Å². The Morgan fingerprint density at radius 1 is 1.39 bits per heavy atom. The van der Waals surface area contributed by atoms with Gasteiger partial charge >= 0.3 is 6.18 Å². The number of carbonyl (C=O) groups is 1. The van der Waals surface area contributed by atoms with E-state index < -0.39 is 11.9 Å². The average molecular weight is 333 g/mol. The van der Waals surface area contributed by atoms with E-state index in [1.165, 1.54) is 4.68 Å². The largest absolute Gasteiger partial charge is 0.435 e. The summed E-state index contributed by atoms with van der Waals surface area (Å²) in [4.78, 5) is 11.9. The number of rotatable bonds is 6. The minimum atomic E-state index is -4.49. The van der Waals surface area contributed by atoms with Gasteiger partial charge in [0.15, 0.2) is 5.69 Å². The highest BCUT2D eigenvalue weighted by Gasteiger charge is 2.39. The first kappa shape index (κ1) is 17.8. The van der Waals surface area contributed by atoms with Gasteiger partial charge in [-0.1, -0.05) is 13.8 Å². The van der Waals surface area contributed by atoms with E-state index >= 15 is 0 Å². The van der Waals surface area contributed by atoms with Crippen LogP contribution in [0.25, 0.3) is 0 Å². The molecule has 1 aromatic heterocycles. The van der Waals surface area contributed by atoms with Crippen LogP contribution >= 0.6 is 0 Å². The smallest absolute Gasteiger partial charge is 0.376 e. The molecule has 5 nitrogen and oxygen atoms in total. The number of carbonyl (C=O) groups excluding carboxylic acids is 1. The van der Waals surface area contributed by atoms with Crippen molar-refractivity contribution in [2.75, 3.05) is 13.2 Å². The summed E-state index contributed by atoms with van der Waals surface area (Å²) in [7, 11) is 0. The van der Waals surface area contributed by atoms with Gasteiger partial charge in [0, 0.05) is 30.1 Å². The van der Waals surface area contributed by atoms with Gasteiger partial charge in [0.1, 0.15) is 0 Å². The molecule has 0 aromatic carbocycles. The predicted molar refractivity (Wildman–Crippen MR) is 77.7 cm³/mol. The fourth-order valence-corrected chi connectivity index (χ4v) is 2.81. The first-order valence-corrected chi connectivity index (χ1v) is 7.89. The van der Waals surface area contributed by atoms with Crippen molar-refractivity contribution in [3.05, 3.63) is 17.0 Å². The lowest BCUT2D eigenvalue weighted by Gasteiger charge is -2.16. The normalized spacial score (nSPS) is 14.9. The molecule has 0 spiro atoms. The van der Waals surface area contributed by atoms with Gasteiger partial charge in [-0.3, -0.25) is 9.48 Å². The number of nitrogens with one attached hydrogen (secondary N) is 1. The van der Waals surface area contributed by atoms with Crippen LogP contribution in [0.4, 0.5) is 13.2 Å². The van der Waals surface area contributed by atoms with E-state index in [0.29, 0.717) is 18.7 Å². The first-order valence-electron chi connectivity index (χ1n) is 7.89. The molecule has 1 N–H and O–H groups in total. The van der Waals surface area contributed by atoms with Gasteiger partial charge in [-0.05, 0) is 12.8 Å². The van der Waals surface area contributed by atoms with Gasteiger partial charge < -0.3 is 10.1 Å². The molecule has 0 aliphatic carbocycles. The third kappa shape index (κ3) is 4.04. The summed E-state index contributed by atoms with van der Waals surface area (Å²) in [6.45, 7) is 4.69. The molecule has 130 valence electrons. The van der Waals surface area contributed by atoms with Crippen LogP contribution in [0.2, 0.25) is 0 Å². The number of halogens is 3. The molecule has 0 fully saturated rings. The Morgan fingerprint density at radius 2 is 2.09 bits per heavy atom. The zero-order valence-corrected chi connectivity index (χ0v) is 13.4.